The highest BCUT2D eigenvalue weighted by molar-refractivity contribution is 5.90. The quantitative estimate of drug-likeness (QED) is 0.362. The molecular weight excluding hydrogens is 374 g/mol. The number of nitrogens with one attached hydrogen (secondary N) is 2. The molecule has 0 amide bonds. The van der Waals surface area contributed by atoms with Crippen LogP contribution in [0.1, 0.15) is 21.5 Å². The highest BCUT2D eigenvalue weighted by Gasteiger charge is 2.23. The molecule has 3 rings (SSSR count). The SMILES string of the molecule is COC(=O)c1ccc(Nc2ncnc(Nc3ccc(C)cc3C)c2[N+](=O)[O-])cc1. The van der Waals surface area contributed by atoms with Crippen molar-refractivity contribution in [3.05, 3.63) is 75.6 Å². The van der Waals surface area contributed by atoms with E-state index in [2.05, 4.69) is 25.3 Å². The van der Waals surface area contributed by atoms with E-state index in [4.69, 9.17) is 0 Å². The fourth-order valence-corrected chi connectivity index (χ4v) is 2.76. The Balaban J connectivity index is 1.92. The van der Waals surface area contributed by atoms with E-state index in [1.165, 1.54) is 13.4 Å². The van der Waals surface area contributed by atoms with Crippen LogP contribution >= 0.6 is 0 Å². The number of hydrogen-bond acceptors (Lipinski definition) is 8. The first-order valence-corrected chi connectivity index (χ1v) is 8.68. The third kappa shape index (κ3) is 4.46. The van der Waals surface area contributed by atoms with Crippen LogP contribution < -0.4 is 10.6 Å². The Morgan fingerprint density at radius 3 is 2.28 bits per heavy atom. The van der Waals surface area contributed by atoms with E-state index in [9.17, 15) is 14.9 Å². The lowest BCUT2D eigenvalue weighted by Crippen LogP contribution is -2.06. The Labute approximate surface area is 166 Å². The standard InChI is InChI=1S/C20H19N5O4/c1-12-4-9-16(13(2)10-12)24-19-17(25(27)28)18(21-11-22-19)23-15-7-5-14(6-8-15)20(26)29-3/h4-11H,1-3H3,(H2,21,22,23,24). The van der Waals surface area contributed by atoms with Crippen molar-refractivity contribution in [1.29, 1.82) is 0 Å². The summed E-state index contributed by atoms with van der Waals surface area (Å²) in [5.41, 5.74) is 3.34. The van der Waals surface area contributed by atoms with Gasteiger partial charge in [-0.3, -0.25) is 10.1 Å². The molecule has 29 heavy (non-hydrogen) atoms. The Hall–Kier alpha value is -4.01. The molecule has 3 aromatic rings. The van der Waals surface area contributed by atoms with E-state index in [0.29, 0.717) is 16.9 Å². The van der Waals surface area contributed by atoms with Crippen molar-refractivity contribution in [3.63, 3.8) is 0 Å². The van der Waals surface area contributed by atoms with E-state index < -0.39 is 10.9 Å². The summed E-state index contributed by atoms with van der Waals surface area (Å²) in [6.07, 6.45) is 1.24. The first-order chi connectivity index (χ1) is 13.9. The number of aryl methyl sites for hydroxylation is 2. The third-order valence-electron chi connectivity index (χ3n) is 4.21. The summed E-state index contributed by atoms with van der Waals surface area (Å²) in [6, 6.07) is 12.0. The monoisotopic (exact) mass is 393 g/mol. The second kappa shape index (κ2) is 8.34. The van der Waals surface area contributed by atoms with Crippen LogP contribution in [0.3, 0.4) is 0 Å². The predicted octanol–water partition coefficient (Wildman–Crippen LogP) is 4.28. The Morgan fingerprint density at radius 1 is 1.03 bits per heavy atom. The van der Waals surface area contributed by atoms with E-state index in [1.807, 2.05) is 32.0 Å². The number of anilines is 4. The van der Waals surface area contributed by atoms with Gasteiger partial charge in [-0.2, -0.15) is 0 Å². The van der Waals surface area contributed by atoms with Gasteiger partial charge in [0.1, 0.15) is 6.33 Å². The number of nitro groups is 1. The van der Waals surface area contributed by atoms with Crippen LogP contribution in [0.4, 0.5) is 28.7 Å². The first kappa shape index (κ1) is 19.7. The zero-order valence-electron chi connectivity index (χ0n) is 16.1. The van der Waals surface area contributed by atoms with Gasteiger partial charge in [0.15, 0.2) is 0 Å². The molecule has 9 nitrogen and oxygen atoms in total. The summed E-state index contributed by atoms with van der Waals surface area (Å²) < 4.78 is 4.66. The molecule has 2 aromatic carbocycles. The van der Waals surface area contributed by atoms with Crippen molar-refractivity contribution in [2.24, 2.45) is 0 Å². The van der Waals surface area contributed by atoms with E-state index in [1.54, 1.807) is 24.3 Å². The Kier molecular flexibility index (Phi) is 5.68. The predicted molar refractivity (Wildman–Crippen MR) is 109 cm³/mol. The van der Waals surface area contributed by atoms with Gasteiger partial charge >= 0.3 is 11.7 Å². The molecular formula is C20H19N5O4. The van der Waals surface area contributed by atoms with Crippen molar-refractivity contribution in [2.75, 3.05) is 17.7 Å². The van der Waals surface area contributed by atoms with Crippen LogP contribution in [0.2, 0.25) is 0 Å². The second-order valence-electron chi connectivity index (χ2n) is 6.31. The molecule has 0 aliphatic carbocycles. The molecule has 9 heteroatoms. The van der Waals surface area contributed by atoms with Gasteiger partial charge in [0.05, 0.1) is 17.6 Å². The molecule has 0 spiro atoms. The molecule has 0 bridgehead atoms. The van der Waals surface area contributed by atoms with Crippen LogP contribution in [0.5, 0.6) is 0 Å². The summed E-state index contributed by atoms with van der Waals surface area (Å²) in [4.78, 5) is 30.8. The Bertz CT molecular complexity index is 1070. The maximum absolute atomic E-state index is 11.7. The maximum atomic E-state index is 11.7. The molecule has 0 unspecified atom stereocenters. The number of nitrogens with zero attached hydrogens (tertiary/aromatic N) is 3. The molecule has 1 aromatic heterocycles. The molecule has 0 atom stereocenters. The average Bonchev–Trinajstić information content (AvgIpc) is 2.70. The normalized spacial score (nSPS) is 10.3. The average molecular weight is 393 g/mol. The molecule has 0 saturated heterocycles. The Morgan fingerprint density at radius 2 is 1.69 bits per heavy atom. The molecule has 148 valence electrons. The van der Waals surface area contributed by atoms with Gasteiger partial charge in [-0.1, -0.05) is 17.7 Å². The van der Waals surface area contributed by atoms with Crippen molar-refractivity contribution in [2.45, 2.75) is 13.8 Å². The topological polar surface area (TPSA) is 119 Å². The van der Waals surface area contributed by atoms with Crippen LogP contribution in [0.15, 0.2) is 48.8 Å². The lowest BCUT2D eigenvalue weighted by Gasteiger charge is -2.12. The van der Waals surface area contributed by atoms with Gasteiger partial charge in [0.25, 0.3) is 0 Å². The third-order valence-corrected chi connectivity index (χ3v) is 4.21. The smallest absolute Gasteiger partial charge is 0.353 e. The van der Waals surface area contributed by atoms with Gasteiger partial charge in [-0.05, 0) is 49.7 Å². The van der Waals surface area contributed by atoms with Crippen LogP contribution in [-0.4, -0.2) is 28.0 Å². The van der Waals surface area contributed by atoms with E-state index in [0.717, 1.165) is 11.1 Å². The molecule has 0 aliphatic heterocycles. The number of rotatable bonds is 6. The second-order valence-corrected chi connectivity index (χ2v) is 6.31. The number of esters is 1. The van der Waals surface area contributed by atoms with E-state index >= 15 is 0 Å². The number of benzene rings is 2. The molecule has 0 aliphatic rings. The molecule has 0 saturated carbocycles. The van der Waals surface area contributed by atoms with Gasteiger partial charge in [0.2, 0.25) is 11.6 Å². The fraction of sp³-hybridized carbons (Fsp3) is 0.150. The number of hydrogen-bond donors (Lipinski definition) is 2. The first-order valence-electron chi connectivity index (χ1n) is 8.68. The zero-order chi connectivity index (χ0) is 21.0. The summed E-state index contributed by atoms with van der Waals surface area (Å²) in [5.74, 6) is -0.363. The lowest BCUT2D eigenvalue weighted by molar-refractivity contribution is -0.383. The number of carbonyl (C=O) groups excluding carboxylic acids is 1. The highest BCUT2D eigenvalue weighted by atomic mass is 16.6. The van der Waals surface area contributed by atoms with Gasteiger partial charge in [-0.15, -0.1) is 0 Å². The van der Waals surface area contributed by atoms with Crippen molar-refractivity contribution < 1.29 is 14.5 Å². The minimum atomic E-state index is -0.545. The van der Waals surface area contributed by atoms with Gasteiger partial charge in [0, 0.05) is 11.4 Å². The summed E-state index contributed by atoms with van der Waals surface area (Å²) in [5, 5.41) is 17.6. The highest BCUT2D eigenvalue weighted by Crippen LogP contribution is 2.33. The largest absolute Gasteiger partial charge is 0.465 e. The summed E-state index contributed by atoms with van der Waals surface area (Å²) in [7, 11) is 1.29. The summed E-state index contributed by atoms with van der Waals surface area (Å²) >= 11 is 0. The van der Waals surface area contributed by atoms with Crippen molar-refractivity contribution >= 4 is 34.7 Å². The minimum absolute atomic E-state index is 0.0306. The number of methoxy groups -OCH3 is 1. The number of carbonyl (C=O) groups is 1. The van der Waals surface area contributed by atoms with Crippen molar-refractivity contribution in [1.82, 2.24) is 9.97 Å². The van der Waals surface area contributed by atoms with Crippen LogP contribution in [0.25, 0.3) is 0 Å². The van der Waals surface area contributed by atoms with Gasteiger partial charge < -0.3 is 15.4 Å². The van der Waals surface area contributed by atoms with Crippen molar-refractivity contribution in [3.8, 4) is 0 Å². The van der Waals surface area contributed by atoms with Crippen LogP contribution in [-0.2, 0) is 4.74 Å². The fourth-order valence-electron chi connectivity index (χ4n) is 2.76. The molecule has 0 fully saturated rings. The van der Waals surface area contributed by atoms with Crippen LogP contribution in [0, 0.1) is 24.0 Å². The summed E-state index contributed by atoms with van der Waals surface area (Å²) in [6.45, 7) is 3.88. The molecule has 0 radical (unpaired) electrons. The number of aromatic nitrogens is 2. The van der Waals surface area contributed by atoms with Gasteiger partial charge in [-0.25, -0.2) is 14.8 Å². The lowest BCUT2D eigenvalue weighted by atomic mass is 10.1. The minimum Gasteiger partial charge on any atom is -0.465 e. The molecule has 2 N–H and O–H groups in total. The number of ether oxygens (including phenoxy) is 1. The zero-order valence-corrected chi connectivity index (χ0v) is 16.1. The van der Waals surface area contributed by atoms with E-state index in [-0.39, 0.29) is 17.3 Å². The maximum Gasteiger partial charge on any atom is 0.353 e. The molecule has 1 heterocycles.